The van der Waals surface area contributed by atoms with Gasteiger partial charge in [0.2, 0.25) is 5.95 Å². The van der Waals surface area contributed by atoms with Crippen molar-refractivity contribution in [3.05, 3.63) is 48.5 Å². The van der Waals surface area contributed by atoms with E-state index in [-0.39, 0.29) is 17.7 Å². The number of ether oxygens (including phenoxy) is 1. The fourth-order valence-corrected chi connectivity index (χ4v) is 1.62. The number of rotatable bonds is 4. The van der Waals surface area contributed by atoms with Crippen molar-refractivity contribution in [2.24, 2.45) is 0 Å². The Morgan fingerprint density at radius 3 is 2.71 bits per heavy atom. The molecule has 0 fully saturated rings. The highest BCUT2D eigenvalue weighted by Gasteiger charge is 2.11. The molecule has 21 heavy (non-hydrogen) atoms. The summed E-state index contributed by atoms with van der Waals surface area (Å²) in [5.41, 5.74) is 0. The van der Waals surface area contributed by atoms with E-state index >= 15 is 0 Å². The number of benzene rings is 1. The second-order valence-corrected chi connectivity index (χ2v) is 3.97. The van der Waals surface area contributed by atoms with Gasteiger partial charge in [-0.05, 0) is 18.2 Å². The van der Waals surface area contributed by atoms with E-state index in [0.717, 1.165) is 0 Å². The summed E-state index contributed by atoms with van der Waals surface area (Å²) in [5, 5.41) is 6.83. The zero-order valence-electron chi connectivity index (χ0n) is 11.1. The second-order valence-electron chi connectivity index (χ2n) is 3.97. The zero-order chi connectivity index (χ0) is 14.7. The van der Waals surface area contributed by atoms with Gasteiger partial charge in [0.25, 0.3) is 5.95 Å². The summed E-state index contributed by atoms with van der Waals surface area (Å²) in [6.45, 7) is 0. The quantitative estimate of drug-likeness (QED) is 0.790. The molecule has 0 aliphatic heterocycles. The Labute approximate surface area is 119 Å². The predicted molar refractivity (Wildman–Crippen MR) is 73.0 cm³/mol. The summed E-state index contributed by atoms with van der Waals surface area (Å²) >= 11 is 0. The summed E-state index contributed by atoms with van der Waals surface area (Å²) in [7, 11) is 1.66. The Bertz CT molecular complexity index is 746. The first-order valence-electron chi connectivity index (χ1n) is 6.12. The molecule has 8 heteroatoms. The van der Waals surface area contributed by atoms with Crippen LogP contribution in [0.2, 0.25) is 0 Å². The van der Waals surface area contributed by atoms with Gasteiger partial charge in [-0.15, -0.1) is 0 Å². The minimum absolute atomic E-state index is 0.0232. The smallest absolute Gasteiger partial charge is 0.328 e. The molecule has 0 spiro atoms. The maximum atomic E-state index is 13.6. The van der Waals surface area contributed by atoms with E-state index in [2.05, 4.69) is 25.4 Å². The molecule has 7 nitrogen and oxygen atoms in total. The molecule has 1 N–H and O–H groups in total. The van der Waals surface area contributed by atoms with Crippen LogP contribution >= 0.6 is 0 Å². The van der Waals surface area contributed by atoms with Gasteiger partial charge in [-0.25, -0.2) is 9.07 Å². The molecule has 2 heterocycles. The third kappa shape index (κ3) is 2.78. The maximum absolute atomic E-state index is 13.6. The first-order valence-corrected chi connectivity index (χ1v) is 6.12. The lowest BCUT2D eigenvalue weighted by atomic mass is 10.3. The van der Waals surface area contributed by atoms with Crippen molar-refractivity contribution >= 4 is 5.95 Å². The van der Waals surface area contributed by atoms with Crippen molar-refractivity contribution in [2.45, 2.75) is 0 Å². The van der Waals surface area contributed by atoms with Crippen molar-refractivity contribution in [3.63, 3.8) is 0 Å². The minimum Gasteiger partial charge on any atom is -0.421 e. The molecule has 0 aliphatic carbocycles. The van der Waals surface area contributed by atoms with Gasteiger partial charge in [0.15, 0.2) is 11.6 Å². The average Bonchev–Trinajstić information content (AvgIpc) is 3.04. The highest BCUT2D eigenvalue weighted by Crippen LogP contribution is 2.22. The molecule has 0 saturated carbocycles. The van der Waals surface area contributed by atoms with Crippen LogP contribution in [0.1, 0.15) is 0 Å². The van der Waals surface area contributed by atoms with Crippen LogP contribution < -0.4 is 10.1 Å². The fraction of sp³-hybridized carbons (Fsp3) is 0.0769. The van der Waals surface area contributed by atoms with Crippen molar-refractivity contribution in [1.82, 2.24) is 24.7 Å². The molecule has 0 bridgehead atoms. The van der Waals surface area contributed by atoms with Crippen LogP contribution in [0.15, 0.2) is 42.7 Å². The third-order valence-electron chi connectivity index (χ3n) is 2.57. The van der Waals surface area contributed by atoms with Gasteiger partial charge in [0.1, 0.15) is 0 Å². The molecule has 3 rings (SSSR count). The van der Waals surface area contributed by atoms with Crippen LogP contribution in [-0.2, 0) is 0 Å². The molecule has 0 amide bonds. The van der Waals surface area contributed by atoms with E-state index in [1.54, 1.807) is 37.6 Å². The highest BCUT2D eigenvalue weighted by atomic mass is 19.1. The molecule has 106 valence electrons. The SMILES string of the molecule is CNc1nc(Oc2ccccc2F)nc(-n2cccn2)n1. The van der Waals surface area contributed by atoms with Gasteiger partial charge >= 0.3 is 6.01 Å². The summed E-state index contributed by atoms with van der Waals surface area (Å²) in [6.07, 6.45) is 3.28. The van der Waals surface area contributed by atoms with E-state index < -0.39 is 5.82 Å². The standard InChI is InChI=1S/C13H11FN6O/c1-15-11-17-12(20-8-4-7-16-20)19-13(18-11)21-10-6-3-2-5-9(10)14/h2-8H,1H3,(H,15,17,18,19). The van der Waals surface area contributed by atoms with Crippen LogP contribution in [0.4, 0.5) is 10.3 Å². The average molecular weight is 286 g/mol. The van der Waals surface area contributed by atoms with Gasteiger partial charge < -0.3 is 10.1 Å². The summed E-state index contributed by atoms with van der Waals surface area (Å²) in [6, 6.07) is 7.73. The molecular formula is C13H11FN6O. The van der Waals surface area contributed by atoms with E-state index in [1.165, 1.54) is 16.8 Å². The molecule has 0 atom stereocenters. The van der Waals surface area contributed by atoms with Crippen molar-refractivity contribution in [3.8, 4) is 17.7 Å². The lowest BCUT2D eigenvalue weighted by Crippen LogP contribution is -2.08. The first kappa shape index (κ1) is 13.0. The number of aromatic nitrogens is 5. The topological polar surface area (TPSA) is 77.8 Å². The highest BCUT2D eigenvalue weighted by molar-refractivity contribution is 5.32. The second kappa shape index (κ2) is 5.53. The number of para-hydroxylation sites is 1. The van der Waals surface area contributed by atoms with Gasteiger partial charge in [0, 0.05) is 19.4 Å². The molecular weight excluding hydrogens is 275 g/mol. The lowest BCUT2D eigenvalue weighted by molar-refractivity contribution is 0.408. The predicted octanol–water partition coefficient (Wildman–Crippen LogP) is 2.03. The summed E-state index contributed by atoms with van der Waals surface area (Å²) in [4.78, 5) is 12.3. The van der Waals surface area contributed by atoms with Crippen LogP contribution in [0.25, 0.3) is 5.95 Å². The maximum Gasteiger partial charge on any atom is 0.328 e. The molecule has 1 aromatic carbocycles. The summed E-state index contributed by atoms with van der Waals surface area (Å²) < 4.78 is 20.4. The largest absolute Gasteiger partial charge is 0.421 e. The number of hydrogen-bond acceptors (Lipinski definition) is 6. The van der Waals surface area contributed by atoms with Gasteiger partial charge in [0.05, 0.1) is 0 Å². The Morgan fingerprint density at radius 1 is 1.14 bits per heavy atom. The van der Waals surface area contributed by atoms with Crippen LogP contribution in [0, 0.1) is 5.82 Å². The van der Waals surface area contributed by atoms with E-state index in [1.807, 2.05) is 0 Å². The fourth-order valence-electron chi connectivity index (χ4n) is 1.62. The van der Waals surface area contributed by atoms with Crippen molar-refractivity contribution in [1.29, 1.82) is 0 Å². The number of halogens is 1. The zero-order valence-corrected chi connectivity index (χ0v) is 11.1. The molecule has 0 saturated heterocycles. The number of hydrogen-bond donors (Lipinski definition) is 1. The van der Waals surface area contributed by atoms with Crippen LogP contribution in [0.5, 0.6) is 11.8 Å². The molecule has 0 radical (unpaired) electrons. The molecule has 0 unspecified atom stereocenters. The van der Waals surface area contributed by atoms with Crippen molar-refractivity contribution in [2.75, 3.05) is 12.4 Å². The molecule has 0 aliphatic rings. The minimum atomic E-state index is -0.496. The Morgan fingerprint density at radius 2 is 2.00 bits per heavy atom. The van der Waals surface area contributed by atoms with E-state index in [9.17, 15) is 4.39 Å². The Balaban J connectivity index is 1.99. The van der Waals surface area contributed by atoms with Gasteiger partial charge in [-0.2, -0.15) is 20.1 Å². The normalized spacial score (nSPS) is 10.4. The van der Waals surface area contributed by atoms with Crippen molar-refractivity contribution < 1.29 is 9.13 Å². The van der Waals surface area contributed by atoms with Gasteiger partial charge in [-0.3, -0.25) is 0 Å². The first-order chi connectivity index (χ1) is 10.3. The number of nitrogens with zero attached hydrogens (tertiary/aromatic N) is 5. The summed E-state index contributed by atoms with van der Waals surface area (Å²) in [5.74, 6) is 0.106. The van der Waals surface area contributed by atoms with Crippen LogP contribution in [0.3, 0.4) is 0 Å². The molecule has 3 aromatic rings. The number of nitrogens with one attached hydrogen (secondary N) is 1. The third-order valence-corrected chi connectivity index (χ3v) is 2.57. The van der Waals surface area contributed by atoms with E-state index in [0.29, 0.717) is 5.95 Å². The Hall–Kier alpha value is -3.03. The number of anilines is 1. The Kier molecular flexibility index (Phi) is 3.42. The van der Waals surface area contributed by atoms with Gasteiger partial charge in [-0.1, -0.05) is 12.1 Å². The molecule has 2 aromatic heterocycles. The van der Waals surface area contributed by atoms with Crippen LogP contribution in [-0.4, -0.2) is 31.8 Å². The lowest BCUT2D eigenvalue weighted by Gasteiger charge is -2.08. The monoisotopic (exact) mass is 286 g/mol. The van der Waals surface area contributed by atoms with E-state index in [4.69, 9.17) is 4.74 Å².